The van der Waals surface area contributed by atoms with E-state index in [1.807, 2.05) is 20.8 Å². The highest BCUT2D eigenvalue weighted by molar-refractivity contribution is 6.03. The number of aryl methyl sites for hydroxylation is 3. The van der Waals surface area contributed by atoms with Crippen molar-refractivity contribution >= 4 is 17.5 Å². The standard InChI is InChI=1S/C19H24N4O2/c1-12-9-13(2)17(14(3)10-12)23-18(24)16-6-7-20-19(22-16)21-11-15-5-4-8-25-15/h6-7,9-10,15H,4-5,8,11H2,1-3H3,(H,23,24)(H,20,21,22). The number of amides is 1. The molecule has 2 N–H and O–H groups in total. The first-order chi connectivity index (χ1) is 12.0. The molecule has 1 aliphatic rings. The second kappa shape index (κ2) is 7.61. The van der Waals surface area contributed by atoms with Crippen LogP contribution in [-0.4, -0.2) is 35.1 Å². The molecule has 1 atom stereocenters. The Hall–Kier alpha value is -2.47. The molecule has 1 saturated heterocycles. The van der Waals surface area contributed by atoms with E-state index in [1.54, 1.807) is 12.3 Å². The average Bonchev–Trinajstić information content (AvgIpc) is 3.10. The summed E-state index contributed by atoms with van der Waals surface area (Å²) >= 11 is 0. The normalized spacial score (nSPS) is 16.7. The Labute approximate surface area is 148 Å². The summed E-state index contributed by atoms with van der Waals surface area (Å²) in [5.41, 5.74) is 4.43. The molecule has 0 bridgehead atoms. The summed E-state index contributed by atoms with van der Waals surface area (Å²) in [5.74, 6) is 0.207. The van der Waals surface area contributed by atoms with Crippen LogP contribution in [0.3, 0.4) is 0 Å². The van der Waals surface area contributed by atoms with Gasteiger partial charge in [0.25, 0.3) is 5.91 Å². The quantitative estimate of drug-likeness (QED) is 0.874. The van der Waals surface area contributed by atoms with Crippen molar-refractivity contribution < 1.29 is 9.53 Å². The third kappa shape index (κ3) is 4.33. The summed E-state index contributed by atoms with van der Waals surface area (Å²) in [6, 6.07) is 5.72. The van der Waals surface area contributed by atoms with E-state index in [-0.39, 0.29) is 12.0 Å². The first-order valence-corrected chi connectivity index (χ1v) is 8.60. The molecule has 3 rings (SSSR count). The lowest BCUT2D eigenvalue weighted by atomic mass is 10.1. The minimum absolute atomic E-state index is 0.193. The number of hydrogen-bond acceptors (Lipinski definition) is 5. The van der Waals surface area contributed by atoms with E-state index >= 15 is 0 Å². The van der Waals surface area contributed by atoms with Gasteiger partial charge in [-0.05, 0) is 50.8 Å². The van der Waals surface area contributed by atoms with Gasteiger partial charge in [0.05, 0.1) is 6.10 Å². The minimum Gasteiger partial charge on any atom is -0.376 e. The number of benzene rings is 1. The van der Waals surface area contributed by atoms with Crippen LogP contribution in [0.5, 0.6) is 0 Å². The maximum atomic E-state index is 12.6. The van der Waals surface area contributed by atoms with Crippen molar-refractivity contribution in [3.05, 3.63) is 46.8 Å². The van der Waals surface area contributed by atoms with Crippen molar-refractivity contribution in [3.8, 4) is 0 Å². The number of ether oxygens (including phenoxy) is 1. The van der Waals surface area contributed by atoms with Gasteiger partial charge >= 0.3 is 0 Å². The molecule has 1 aromatic heterocycles. The maximum Gasteiger partial charge on any atom is 0.274 e. The zero-order chi connectivity index (χ0) is 17.8. The summed E-state index contributed by atoms with van der Waals surface area (Å²) in [4.78, 5) is 21.1. The molecule has 1 unspecified atom stereocenters. The molecule has 1 aliphatic heterocycles. The Bertz CT molecular complexity index is 747. The summed E-state index contributed by atoms with van der Waals surface area (Å²) in [5, 5.41) is 6.11. The lowest BCUT2D eigenvalue weighted by Crippen LogP contribution is -2.21. The van der Waals surface area contributed by atoms with Crippen LogP contribution >= 0.6 is 0 Å². The van der Waals surface area contributed by atoms with Crippen molar-refractivity contribution in [2.75, 3.05) is 23.8 Å². The van der Waals surface area contributed by atoms with Gasteiger partial charge in [-0.15, -0.1) is 0 Å². The van der Waals surface area contributed by atoms with E-state index in [1.165, 1.54) is 5.56 Å². The van der Waals surface area contributed by atoms with E-state index in [0.717, 1.165) is 36.3 Å². The van der Waals surface area contributed by atoms with E-state index in [0.29, 0.717) is 18.2 Å². The molecule has 25 heavy (non-hydrogen) atoms. The van der Waals surface area contributed by atoms with Crippen molar-refractivity contribution in [3.63, 3.8) is 0 Å². The Morgan fingerprint density at radius 2 is 2.04 bits per heavy atom. The molecular weight excluding hydrogens is 316 g/mol. The van der Waals surface area contributed by atoms with Crippen LogP contribution in [0.25, 0.3) is 0 Å². The van der Waals surface area contributed by atoms with Crippen molar-refractivity contribution in [1.82, 2.24) is 9.97 Å². The number of nitrogens with one attached hydrogen (secondary N) is 2. The highest BCUT2D eigenvalue weighted by Crippen LogP contribution is 2.22. The van der Waals surface area contributed by atoms with E-state index in [2.05, 4.69) is 32.7 Å². The van der Waals surface area contributed by atoms with Crippen LogP contribution in [0.15, 0.2) is 24.4 Å². The van der Waals surface area contributed by atoms with Gasteiger partial charge in [0, 0.05) is 25.0 Å². The van der Waals surface area contributed by atoms with Crippen molar-refractivity contribution in [2.45, 2.75) is 39.7 Å². The van der Waals surface area contributed by atoms with Crippen LogP contribution in [0.2, 0.25) is 0 Å². The fourth-order valence-corrected chi connectivity index (χ4v) is 3.14. The fraction of sp³-hybridized carbons (Fsp3) is 0.421. The van der Waals surface area contributed by atoms with E-state index in [9.17, 15) is 4.79 Å². The monoisotopic (exact) mass is 340 g/mol. The van der Waals surface area contributed by atoms with Crippen LogP contribution in [0.1, 0.15) is 40.0 Å². The molecule has 132 valence electrons. The Morgan fingerprint density at radius 3 is 2.72 bits per heavy atom. The number of nitrogens with zero attached hydrogens (tertiary/aromatic N) is 2. The fourth-order valence-electron chi connectivity index (χ4n) is 3.14. The minimum atomic E-state index is -0.238. The Morgan fingerprint density at radius 1 is 1.28 bits per heavy atom. The Kier molecular flexibility index (Phi) is 5.28. The number of hydrogen-bond donors (Lipinski definition) is 2. The molecule has 0 aliphatic carbocycles. The highest BCUT2D eigenvalue weighted by Gasteiger charge is 2.16. The predicted octanol–water partition coefficient (Wildman–Crippen LogP) is 3.25. The topological polar surface area (TPSA) is 76.1 Å². The summed E-state index contributed by atoms with van der Waals surface area (Å²) in [6.07, 6.45) is 3.91. The highest BCUT2D eigenvalue weighted by atomic mass is 16.5. The number of rotatable bonds is 5. The third-order valence-electron chi connectivity index (χ3n) is 4.32. The SMILES string of the molecule is Cc1cc(C)c(NC(=O)c2ccnc(NCC3CCCO3)n2)c(C)c1. The average molecular weight is 340 g/mol. The molecule has 6 nitrogen and oxygen atoms in total. The molecule has 2 heterocycles. The molecule has 6 heteroatoms. The Balaban J connectivity index is 1.69. The molecule has 0 saturated carbocycles. The number of aromatic nitrogens is 2. The van der Waals surface area contributed by atoms with Gasteiger partial charge in [0.2, 0.25) is 5.95 Å². The van der Waals surface area contributed by atoms with Gasteiger partial charge in [-0.2, -0.15) is 0 Å². The molecule has 2 aromatic rings. The van der Waals surface area contributed by atoms with Gasteiger partial charge in [-0.1, -0.05) is 17.7 Å². The third-order valence-corrected chi connectivity index (χ3v) is 4.32. The summed E-state index contributed by atoms with van der Waals surface area (Å²) in [7, 11) is 0. The molecule has 0 spiro atoms. The van der Waals surface area contributed by atoms with Gasteiger partial charge < -0.3 is 15.4 Å². The summed E-state index contributed by atoms with van der Waals surface area (Å²) < 4.78 is 5.57. The van der Waals surface area contributed by atoms with Gasteiger partial charge in [-0.25, -0.2) is 9.97 Å². The molecule has 1 amide bonds. The first kappa shape index (κ1) is 17.4. The molecule has 0 radical (unpaired) electrons. The van der Waals surface area contributed by atoms with Gasteiger partial charge in [-0.3, -0.25) is 4.79 Å². The largest absolute Gasteiger partial charge is 0.376 e. The van der Waals surface area contributed by atoms with Gasteiger partial charge in [0.1, 0.15) is 5.69 Å². The predicted molar refractivity (Wildman–Crippen MR) is 98.1 cm³/mol. The first-order valence-electron chi connectivity index (χ1n) is 8.60. The van der Waals surface area contributed by atoms with E-state index in [4.69, 9.17) is 4.74 Å². The van der Waals surface area contributed by atoms with Crippen molar-refractivity contribution in [1.29, 1.82) is 0 Å². The lowest BCUT2D eigenvalue weighted by molar-refractivity contribution is 0.102. The van der Waals surface area contributed by atoms with Crippen molar-refractivity contribution in [2.24, 2.45) is 0 Å². The lowest BCUT2D eigenvalue weighted by Gasteiger charge is -2.13. The number of carbonyl (C=O) groups is 1. The molecule has 1 aromatic carbocycles. The summed E-state index contributed by atoms with van der Waals surface area (Å²) in [6.45, 7) is 7.49. The smallest absolute Gasteiger partial charge is 0.274 e. The van der Waals surface area contributed by atoms with E-state index < -0.39 is 0 Å². The maximum absolute atomic E-state index is 12.6. The number of carbonyl (C=O) groups excluding carboxylic acids is 1. The van der Waals surface area contributed by atoms with Gasteiger partial charge in [0.15, 0.2) is 0 Å². The van der Waals surface area contributed by atoms with Crippen LogP contribution in [0, 0.1) is 20.8 Å². The second-order valence-electron chi connectivity index (χ2n) is 6.51. The van der Waals surface area contributed by atoms with Crippen LogP contribution in [0.4, 0.5) is 11.6 Å². The van der Waals surface area contributed by atoms with Crippen LogP contribution < -0.4 is 10.6 Å². The van der Waals surface area contributed by atoms with Crippen LogP contribution in [-0.2, 0) is 4.74 Å². The number of anilines is 2. The zero-order valence-corrected chi connectivity index (χ0v) is 14.9. The zero-order valence-electron chi connectivity index (χ0n) is 14.9. The molecule has 1 fully saturated rings. The second-order valence-corrected chi connectivity index (χ2v) is 6.51. The molecular formula is C19H24N4O2.